The molecule has 0 aliphatic heterocycles. The van der Waals surface area contributed by atoms with Gasteiger partial charge in [-0.25, -0.2) is 4.98 Å². The second kappa shape index (κ2) is 6.77. The summed E-state index contributed by atoms with van der Waals surface area (Å²) in [7, 11) is 0. The highest BCUT2D eigenvalue weighted by molar-refractivity contribution is 5.76. The third-order valence-electron chi connectivity index (χ3n) is 4.26. The molecule has 2 aromatic rings. The largest absolute Gasteiger partial charge is 0.352 e. The van der Waals surface area contributed by atoms with E-state index in [9.17, 15) is 9.59 Å². The first kappa shape index (κ1) is 15.5. The van der Waals surface area contributed by atoms with E-state index in [0.29, 0.717) is 5.69 Å². The van der Waals surface area contributed by atoms with Crippen LogP contribution >= 0.6 is 0 Å². The zero-order valence-electron chi connectivity index (χ0n) is 13.3. The van der Waals surface area contributed by atoms with Crippen molar-refractivity contribution in [1.82, 2.24) is 14.9 Å². The lowest BCUT2D eigenvalue weighted by atomic mass is 10.1. The van der Waals surface area contributed by atoms with Crippen LogP contribution in [0.1, 0.15) is 31.2 Å². The highest BCUT2D eigenvalue weighted by Crippen LogP contribution is 2.17. The second-order valence-electron chi connectivity index (χ2n) is 6.16. The Labute approximate surface area is 135 Å². The molecule has 0 spiro atoms. The summed E-state index contributed by atoms with van der Waals surface area (Å²) in [5.41, 5.74) is 2.47. The van der Waals surface area contributed by atoms with Gasteiger partial charge in [-0.15, -0.1) is 0 Å². The number of carbonyl (C=O) groups is 1. The molecular weight excluding hydrogens is 290 g/mol. The molecule has 1 fully saturated rings. The van der Waals surface area contributed by atoms with E-state index in [4.69, 9.17) is 0 Å². The van der Waals surface area contributed by atoms with Crippen molar-refractivity contribution in [3.63, 3.8) is 0 Å². The number of aryl methyl sites for hydroxylation is 1. The predicted octanol–water partition coefficient (Wildman–Crippen LogP) is 2.28. The van der Waals surface area contributed by atoms with Crippen LogP contribution in [0.2, 0.25) is 0 Å². The van der Waals surface area contributed by atoms with Gasteiger partial charge in [0.2, 0.25) is 5.91 Å². The third kappa shape index (κ3) is 3.86. The minimum Gasteiger partial charge on any atom is -0.352 e. The van der Waals surface area contributed by atoms with Gasteiger partial charge in [-0.3, -0.25) is 14.2 Å². The molecule has 1 aliphatic rings. The molecule has 23 heavy (non-hydrogen) atoms. The Kier molecular flexibility index (Phi) is 4.55. The Balaban J connectivity index is 1.70. The van der Waals surface area contributed by atoms with E-state index in [1.165, 1.54) is 17.0 Å². The Morgan fingerprint density at radius 1 is 1.26 bits per heavy atom. The number of nitrogens with zero attached hydrogens (tertiary/aromatic N) is 2. The second-order valence-corrected chi connectivity index (χ2v) is 6.16. The van der Waals surface area contributed by atoms with Crippen LogP contribution in [0.3, 0.4) is 0 Å². The summed E-state index contributed by atoms with van der Waals surface area (Å²) in [5, 5.41) is 2.98. The maximum Gasteiger partial charge on any atom is 0.254 e. The van der Waals surface area contributed by atoms with E-state index < -0.39 is 0 Å². The van der Waals surface area contributed by atoms with Crippen molar-refractivity contribution in [1.29, 1.82) is 0 Å². The number of carbonyl (C=O) groups excluding carboxylic acids is 1. The molecule has 0 unspecified atom stereocenters. The first-order valence-electron chi connectivity index (χ1n) is 8.05. The minimum absolute atomic E-state index is 0.0243. The molecule has 1 N–H and O–H groups in total. The monoisotopic (exact) mass is 311 g/mol. The SMILES string of the molecule is Cc1ccc(-c2cc(=O)n(CC(=O)NC3CCCC3)cn2)cc1. The van der Waals surface area contributed by atoms with Crippen LogP contribution in [-0.2, 0) is 11.3 Å². The topological polar surface area (TPSA) is 64.0 Å². The van der Waals surface area contributed by atoms with Crippen molar-refractivity contribution in [2.45, 2.75) is 45.2 Å². The van der Waals surface area contributed by atoms with Crippen molar-refractivity contribution < 1.29 is 4.79 Å². The van der Waals surface area contributed by atoms with Crippen LogP contribution in [0, 0.1) is 6.92 Å². The first-order valence-corrected chi connectivity index (χ1v) is 8.05. The van der Waals surface area contributed by atoms with E-state index in [1.807, 2.05) is 31.2 Å². The van der Waals surface area contributed by atoms with Crippen molar-refractivity contribution in [3.05, 3.63) is 52.6 Å². The van der Waals surface area contributed by atoms with Crippen LogP contribution in [0.25, 0.3) is 11.3 Å². The molecular formula is C18H21N3O2. The first-order chi connectivity index (χ1) is 11.1. The summed E-state index contributed by atoms with van der Waals surface area (Å²) >= 11 is 0. The fourth-order valence-corrected chi connectivity index (χ4v) is 2.93. The molecule has 0 radical (unpaired) electrons. The Morgan fingerprint density at radius 2 is 1.96 bits per heavy atom. The summed E-state index contributed by atoms with van der Waals surface area (Å²) in [5.74, 6) is -0.121. The Hall–Kier alpha value is -2.43. The predicted molar refractivity (Wildman–Crippen MR) is 89.1 cm³/mol. The molecule has 3 rings (SSSR count). The maximum absolute atomic E-state index is 12.2. The quantitative estimate of drug-likeness (QED) is 0.942. The van der Waals surface area contributed by atoms with E-state index in [2.05, 4.69) is 10.3 Å². The average molecular weight is 311 g/mol. The molecule has 1 aromatic heterocycles. The van der Waals surface area contributed by atoms with Gasteiger partial charge in [-0.2, -0.15) is 0 Å². The molecule has 5 nitrogen and oxygen atoms in total. The molecule has 1 saturated carbocycles. The van der Waals surface area contributed by atoms with Gasteiger partial charge in [0, 0.05) is 17.7 Å². The average Bonchev–Trinajstić information content (AvgIpc) is 3.03. The summed E-state index contributed by atoms with van der Waals surface area (Å²) in [4.78, 5) is 28.5. The minimum atomic E-state index is -0.211. The van der Waals surface area contributed by atoms with Crippen molar-refractivity contribution in [3.8, 4) is 11.3 Å². The zero-order chi connectivity index (χ0) is 16.2. The van der Waals surface area contributed by atoms with Gasteiger partial charge in [-0.1, -0.05) is 42.7 Å². The van der Waals surface area contributed by atoms with Crippen LogP contribution in [0.5, 0.6) is 0 Å². The van der Waals surface area contributed by atoms with Crippen LogP contribution in [0.15, 0.2) is 41.5 Å². The molecule has 120 valence electrons. The summed E-state index contributed by atoms with van der Waals surface area (Å²) < 4.78 is 1.35. The molecule has 1 amide bonds. The highest BCUT2D eigenvalue weighted by Gasteiger charge is 2.17. The van der Waals surface area contributed by atoms with Gasteiger partial charge in [-0.05, 0) is 19.8 Å². The summed E-state index contributed by atoms with van der Waals surface area (Å²) in [6.45, 7) is 2.04. The van der Waals surface area contributed by atoms with E-state index in [-0.39, 0.29) is 24.1 Å². The van der Waals surface area contributed by atoms with Gasteiger partial charge in [0.15, 0.2) is 0 Å². The van der Waals surface area contributed by atoms with Gasteiger partial charge < -0.3 is 5.32 Å². The number of hydrogen-bond acceptors (Lipinski definition) is 3. The van der Waals surface area contributed by atoms with E-state index in [0.717, 1.165) is 36.8 Å². The van der Waals surface area contributed by atoms with Crippen LogP contribution < -0.4 is 10.9 Å². The number of hydrogen-bond donors (Lipinski definition) is 1. The molecule has 0 atom stereocenters. The van der Waals surface area contributed by atoms with Crippen LogP contribution in [-0.4, -0.2) is 21.5 Å². The fraction of sp³-hybridized carbons (Fsp3) is 0.389. The van der Waals surface area contributed by atoms with E-state index in [1.54, 1.807) is 0 Å². The highest BCUT2D eigenvalue weighted by atomic mass is 16.2. The lowest BCUT2D eigenvalue weighted by Gasteiger charge is -2.12. The summed E-state index contributed by atoms with van der Waals surface area (Å²) in [6.07, 6.45) is 5.84. The van der Waals surface area contributed by atoms with Crippen LogP contribution in [0.4, 0.5) is 0 Å². The number of nitrogens with one attached hydrogen (secondary N) is 1. The molecule has 1 heterocycles. The van der Waals surface area contributed by atoms with Gasteiger partial charge in [0.05, 0.1) is 12.0 Å². The maximum atomic E-state index is 12.2. The fourth-order valence-electron chi connectivity index (χ4n) is 2.93. The Morgan fingerprint density at radius 3 is 2.61 bits per heavy atom. The lowest BCUT2D eigenvalue weighted by molar-refractivity contribution is -0.122. The lowest BCUT2D eigenvalue weighted by Crippen LogP contribution is -2.37. The third-order valence-corrected chi connectivity index (χ3v) is 4.26. The van der Waals surface area contributed by atoms with Gasteiger partial charge >= 0.3 is 0 Å². The van der Waals surface area contributed by atoms with Crippen molar-refractivity contribution in [2.75, 3.05) is 0 Å². The van der Waals surface area contributed by atoms with E-state index >= 15 is 0 Å². The number of rotatable bonds is 4. The normalized spacial score (nSPS) is 14.8. The summed E-state index contributed by atoms with van der Waals surface area (Å²) in [6, 6.07) is 9.59. The van der Waals surface area contributed by atoms with Crippen molar-refractivity contribution >= 4 is 5.91 Å². The van der Waals surface area contributed by atoms with Crippen molar-refractivity contribution in [2.24, 2.45) is 0 Å². The Bertz CT molecular complexity index is 744. The number of benzene rings is 1. The van der Waals surface area contributed by atoms with Gasteiger partial charge in [0.1, 0.15) is 6.54 Å². The molecule has 5 heteroatoms. The zero-order valence-corrected chi connectivity index (χ0v) is 13.3. The molecule has 1 aliphatic carbocycles. The van der Waals surface area contributed by atoms with Gasteiger partial charge in [0.25, 0.3) is 5.56 Å². The molecule has 0 saturated heterocycles. The smallest absolute Gasteiger partial charge is 0.254 e. The standard InChI is InChI=1S/C18H21N3O2/c1-13-6-8-14(9-7-13)16-10-18(23)21(12-19-16)11-17(22)20-15-4-2-3-5-15/h6-10,12,15H,2-5,11H2,1H3,(H,20,22). The molecule has 0 bridgehead atoms. The molecule has 1 aromatic carbocycles. The number of aromatic nitrogens is 2. The number of amides is 1.